The number of hydrogen-bond acceptors (Lipinski definition) is 4. The van der Waals surface area contributed by atoms with Gasteiger partial charge < -0.3 is 20.5 Å². The van der Waals surface area contributed by atoms with Crippen molar-refractivity contribution in [3.63, 3.8) is 0 Å². The molecule has 0 saturated carbocycles. The second-order valence-corrected chi connectivity index (χ2v) is 8.29. The summed E-state index contributed by atoms with van der Waals surface area (Å²) >= 11 is 0. The van der Waals surface area contributed by atoms with Gasteiger partial charge in [-0.05, 0) is 42.0 Å². The maximum absolute atomic E-state index is 12.2. The topological polar surface area (TPSA) is 105 Å². The van der Waals surface area contributed by atoms with Crippen molar-refractivity contribution in [2.24, 2.45) is 0 Å². The van der Waals surface area contributed by atoms with Gasteiger partial charge in [-0.2, -0.15) is 0 Å². The highest BCUT2D eigenvalue weighted by Gasteiger charge is 2.33. The number of fused-ring (bicyclic) bond motifs is 3. The van der Waals surface area contributed by atoms with E-state index in [-0.39, 0.29) is 31.4 Å². The first-order valence-electron chi connectivity index (χ1n) is 11.0. The number of carbonyl (C=O) groups excluding carboxylic acids is 2. The van der Waals surface area contributed by atoms with E-state index in [0.29, 0.717) is 19.3 Å². The van der Waals surface area contributed by atoms with Gasteiger partial charge in [-0.3, -0.25) is 4.79 Å². The molecule has 3 rings (SSSR count). The maximum atomic E-state index is 12.2. The van der Waals surface area contributed by atoms with Gasteiger partial charge in [0, 0.05) is 18.9 Å². The number of amides is 2. The number of benzene rings is 2. The summed E-state index contributed by atoms with van der Waals surface area (Å²) in [6.07, 6.45) is 0.973. The zero-order valence-corrected chi connectivity index (χ0v) is 18.5. The zero-order chi connectivity index (χ0) is 23.1. The highest BCUT2D eigenvalue weighted by atomic mass is 16.5. The van der Waals surface area contributed by atoms with Crippen molar-refractivity contribution in [3.8, 4) is 11.1 Å². The van der Waals surface area contributed by atoms with E-state index < -0.39 is 17.6 Å². The highest BCUT2D eigenvalue weighted by Crippen LogP contribution is 2.44. The minimum Gasteiger partial charge on any atom is -0.480 e. The van der Waals surface area contributed by atoms with E-state index in [1.165, 1.54) is 18.1 Å². The Morgan fingerprint density at radius 3 is 2.19 bits per heavy atom. The molecule has 7 heteroatoms. The fourth-order valence-corrected chi connectivity index (χ4v) is 4.18. The van der Waals surface area contributed by atoms with Gasteiger partial charge in [0.1, 0.15) is 12.1 Å². The van der Waals surface area contributed by atoms with Gasteiger partial charge in [0.05, 0.1) is 0 Å². The molecular formula is C25H30N2O5. The first kappa shape index (κ1) is 23.3. The Kier molecular flexibility index (Phi) is 7.51. The molecule has 1 aliphatic rings. The van der Waals surface area contributed by atoms with Gasteiger partial charge >= 0.3 is 12.1 Å². The Bertz CT molecular complexity index is 944. The van der Waals surface area contributed by atoms with Crippen LogP contribution in [0.2, 0.25) is 0 Å². The summed E-state index contributed by atoms with van der Waals surface area (Å²) < 4.78 is 5.46. The summed E-state index contributed by atoms with van der Waals surface area (Å²) in [5.41, 5.74) is 3.35. The van der Waals surface area contributed by atoms with E-state index in [0.717, 1.165) is 11.1 Å². The van der Waals surface area contributed by atoms with Crippen LogP contribution in [-0.2, 0) is 14.3 Å². The molecule has 2 amide bonds. The Labute approximate surface area is 188 Å². The van der Waals surface area contributed by atoms with Crippen LogP contribution in [-0.4, -0.2) is 41.8 Å². The standard InChI is InChI=1S/C25H30N2O5/c1-3-14-25(2,23(29)30)27-22(28)13-8-15-26-24(31)32-16-21-19-11-6-4-9-17(19)18-10-5-7-12-20(18)21/h4-7,9-12,21H,3,8,13-16H2,1-2H3,(H,26,31)(H,27,28)(H,29,30). The van der Waals surface area contributed by atoms with Gasteiger partial charge in [0.2, 0.25) is 5.91 Å². The SMILES string of the molecule is CCCC(C)(NC(=O)CCCNC(=O)OCC1c2ccccc2-c2ccccc21)C(=O)O. The molecule has 0 bridgehead atoms. The van der Waals surface area contributed by atoms with E-state index in [4.69, 9.17) is 4.74 Å². The Balaban J connectivity index is 1.44. The van der Waals surface area contributed by atoms with Crippen LogP contribution in [0, 0.1) is 0 Å². The Morgan fingerprint density at radius 2 is 1.62 bits per heavy atom. The molecule has 0 heterocycles. The molecule has 0 aromatic heterocycles. The van der Waals surface area contributed by atoms with E-state index >= 15 is 0 Å². The number of aliphatic carboxylic acids is 1. The summed E-state index contributed by atoms with van der Waals surface area (Å²) in [4.78, 5) is 35.7. The third-order valence-corrected chi connectivity index (χ3v) is 5.83. The van der Waals surface area contributed by atoms with Crippen LogP contribution < -0.4 is 10.6 Å². The Morgan fingerprint density at radius 1 is 1.03 bits per heavy atom. The van der Waals surface area contributed by atoms with Crippen LogP contribution in [0.15, 0.2) is 48.5 Å². The van der Waals surface area contributed by atoms with Crippen molar-refractivity contribution in [3.05, 3.63) is 59.7 Å². The number of carboxylic acids is 1. The molecule has 0 radical (unpaired) electrons. The van der Waals surface area contributed by atoms with Gasteiger partial charge in [0.25, 0.3) is 0 Å². The van der Waals surface area contributed by atoms with E-state index in [1.54, 1.807) is 0 Å². The van der Waals surface area contributed by atoms with Gasteiger partial charge in [0.15, 0.2) is 0 Å². The van der Waals surface area contributed by atoms with Crippen molar-refractivity contribution in [2.75, 3.05) is 13.2 Å². The van der Waals surface area contributed by atoms with Gasteiger partial charge in [-0.1, -0.05) is 61.9 Å². The van der Waals surface area contributed by atoms with Crippen molar-refractivity contribution in [1.82, 2.24) is 10.6 Å². The van der Waals surface area contributed by atoms with Crippen LogP contribution in [0.25, 0.3) is 11.1 Å². The summed E-state index contributed by atoms with van der Waals surface area (Å²) in [7, 11) is 0. The van der Waals surface area contributed by atoms with Crippen molar-refractivity contribution < 1.29 is 24.2 Å². The number of rotatable bonds is 10. The first-order chi connectivity index (χ1) is 15.4. The molecule has 2 aromatic rings. The molecule has 7 nitrogen and oxygen atoms in total. The van der Waals surface area contributed by atoms with Crippen molar-refractivity contribution in [1.29, 1.82) is 0 Å². The van der Waals surface area contributed by atoms with Crippen LogP contribution in [0.5, 0.6) is 0 Å². The maximum Gasteiger partial charge on any atom is 0.407 e. The van der Waals surface area contributed by atoms with Gasteiger partial charge in [-0.25, -0.2) is 9.59 Å². The van der Waals surface area contributed by atoms with E-state index in [1.807, 2.05) is 31.2 Å². The third kappa shape index (κ3) is 5.28. The summed E-state index contributed by atoms with van der Waals surface area (Å²) in [6, 6.07) is 16.3. The fraction of sp³-hybridized carbons (Fsp3) is 0.400. The molecule has 3 N–H and O–H groups in total. The number of carbonyl (C=O) groups is 3. The predicted octanol–water partition coefficient (Wildman–Crippen LogP) is 4.06. The molecule has 1 atom stereocenters. The van der Waals surface area contributed by atoms with E-state index in [9.17, 15) is 19.5 Å². The number of alkyl carbamates (subject to hydrolysis) is 1. The van der Waals surface area contributed by atoms with Crippen LogP contribution >= 0.6 is 0 Å². The molecule has 0 spiro atoms. The summed E-state index contributed by atoms with van der Waals surface area (Å²) in [5, 5.41) is 14.6. The van der Waals surface area contributed by atoms with Crippen LogP contribution in [0.1, 0.15) is 56.6 Å². The second kappa shape index (κ2) is 10.3. The molecule has 1 aliphatic carbocycles. The lowest BCUT2D eigenvalue weighted by molar-refractivity contribution is -0.147. The van der Waals surface area contributed by atoms with Crippen molar-refractivity contribution >= 4 is 18.0 Å². The average molecular weight is 439 g/mol. The molecular weight excluding hydrogens is 408 g/mol. The second-order valence-electron chi connectivity index (χ2n) is 8.29. The average Bonchev–Trinajstić information content (AvgIpc) is 3.09. The molecule has 1 unspecified atom stereocenters. The van der Waals surface area contributed by atoms with Crippen LogP contribution in [0.3, 0.4) is 0 Å². The minimum absolute atomic E-state index is 0.00816. The number of nitrogens with one attached hydrogen (secondary N) is 2. The Hall–Kier alpha value is -3.35. The highest BCUT2D eigenvalue weighted by molar-refractivity contribution is 5.86. The first-order valence-corrected chi connectivity index (χ1v) is 11.0. The predicted molar refractivity (Wildman–Crippen MR) is 121 cm³/mol. The quantitative estimate of drug-likeness (QED) is 0.485. The normalized spacial score (nSPS) is 14.1. The van der Waals surface area contributed by atoms with Crippen LogP contribution in [0.4, 0.5) is 4.79 Å². The molecule has 2 aromatic carbocycles. The summed E-state index contributed by atoms with van der Waals surface area (Å²) in [5.74, 6) is -1.41. The minimum atomic E-state index is -1.27. The third-order valence-electron chi connectivity index (χ3n) is 5.83. The molecule has 170 valence electrons. The lowest BCUT2D eigenvalue weighted by Crippen LogP contribution is -2.52. The molecule has 0 saturated heterocycles. The fourth-order valence-electron chi connectivity index (χ4n) is 4.18. The molecule has 0 fully saturated rings. The van der Waals surface area contributed by atoms with Crippen molar-refractivity contribution in [2.45, 2.75) is 51.0 Å². The largest absolute Gasteiger partial charge is 0.480 e. The summed E-state index contributed by atoms with van der Waals surface area (Å²) in [6.45, 7) is 3.87. The zero-order valence-electron chi connectivity index (χ0n) is 18.5. The van der Waals surface area contributed by atoms with E-state index in [2.05, 4.69) is 34.9 Å². The van der Waals surface area contributed by atoms with Gasteiger partial charge in [-0.15, -0.1) is 0 Å². The molecule has 32 heavy (non-hydrogen) atoms. The monoisotopic (exact) mass is 438 g/mol. The number of ether oxygens (including phenoxy) is 1. The lowest BCUT2D eigenvalue weighted by atomic mass is 9.96. The number of carboxylic acid groups (broad SMARTS) is 1. The number of hydrogen-bond donors (Lipinski definition) is 3. The lowest BCUT2D eigenvalue weighted by Gasteiger charge is -2.25. The molecule has 0 aliphatic heterocycles. The smallest absolute Gasteiger partial charge is 0.407 e.